The van der Waals surface area contributed by atoms with E-state index >= 15 is 0 Å². The van der Waals surface area contributed by atoms with E-state index in [9.17, 15) is 9.59 Å². The van der Waals surface area contributed by atoms with Gasteiger partial charge in [-0.05, 0) is 48.9 Å². The van der Waals surface area contributed by atoms with Gasteiger partial charge in [0, 0.05) is 41.0 Å². The van der Waals surface area contributed by atoms with E-state index in [2.05, 4.69) is 20.8 Å². The predicted octanol–water partition coefficient (Wildman–Crippen LogP) is 3.88. The van der Waals surface area contributed by atoms with Crippen molar-refractivity contribution in [1.29, 1.82) is 0 Å². The molecule has 0 saturated heterocycles. The lowest BCUT2D eigenvalue weighted by molar-refractivity contribution is -0.116. The number of hydrogen-bond acceptors (Lipinski definition) is 3. The molecule has 0 aliphatic rings. The van der Waals surface area contributed by atoms with Crippen molar-refractivity contribution in [1.82, 2.24) is 15.5 Å². The van der Waals surface area contributed by atoms with E-state index in [1.807, 2.05) is 30.3 Å². The van der Waals surface area contributed by atoms with Crippen LogP contribution in [0.3, 0.4) is 0 Å². The zero-order valence-electron chi connectivity index (χ0n) is 14.5. The van der Waals surface area contributed by atoms with Crippen LogP contribution in [-0.4, -0.2) is 28.6 Å². The van der Waals surface area contributed by atoms with Crippen LogP contribution in [0.1, 0.15) is 23.2 Å². The lowest BCUT2D eigenvalue weighted by Gasteiger charge is -2.08. The number of benzene rings is 2. The molecule has 7 heteroatoms. The number of carbonyl (C=O) groups excluding carboxylic acids is 2. The van der Waals surface area contributed by atoms with Gasteiger partial charge >= 0.3 is 0 Å². The van der Waals surface area contributed by atoms with Crippen LogP contribution < -0.4 is 10.6 Å². The van der Waals surface area contributed by atoms with Gasteiger partial charge in [0.05, 0.1) is 5.69 Å². The maximum absolute atomic E-state index is 12.1. The second-order valence-electron chi connectivity index (χ2n) is 5.97. The number of halogens is 1. The largest absolute Gasteiger partial charge is 0.352 e. The van der Waals surface area contributed by atoms with Crippen molar-refractivity contribution in [3.05, 3.63) is 71.4 Å². The molecule has 3 N–H and O–H groups in total. The zero-order valence-corrected chi connectivity index (χ0v) is 15.3. The Bertz CT molecular complexity index is 908. The summed E-state index contributed by atoms with van der Waals surface area (Å²) in [6.45, 7) is 0.420. The molecule has 0 bridgehead atoms. The van der Waals surface area contributed by atoms with Gasteiger partial charge in [-0.1, -0.05) is 23.7 Å². The molecule has 0 aliphatic heterocycles. The van der Waals surface area contributed by atoms with E-state index in [-0.39, 0.29) is 11.8 Å². The highest BCUT2D eigenvalue weighted by molar-refractivity contribution is 6.30. The monoisotopic (exact) mass is 382 g/mol. The molecule has 138 valence electrons. The lowest BCUT2D eigenvalue weighted by atomic mass is 10.1. The molecule has 3 aromatic rings. The van der Waals surface area contributed by atoms with E-state index in [0.29, 0.717) is 30.0 Å². The second-order valence-corrected chi connectivity index (χ2v) is 6.40. The molecule has 3 rings (SSSR count). The fraction of sp³-hybridized carbons (Fsp3) is 0.150. The Hall–Kier alpha value is -3.12. The SMILES string of the molecule is O=C(CCCNC(=O)c1ccc(Cl)cc1)Nc1cccc(-c2ccn[nH]2)c1. The van der Waals surface area contributed by atoms with Crippen molar-refractivity contribution in [2.45, 2.75) is 12.8 Å². The average molecular weight is 383 g/mol. The molecule has 0 fully saturated rings. The maximum Gasteiger partial charge on any atom is 0.251 e. The number of aromatic amines is 1. The Kier molecular flexibility index (Phi) is 6.22. The Labute approximate surface area is 161 Å². The Morgan fingerprint density at radius 2 is 1.89 bits per heavy atom. The predicted molar refractivity (Wildman–Crippen MR) is 106 cm³/mol. The highest BCUT2D eigenvalue weighted by Crippen LogP contribution is 2.20. The number of amides is 2. The van der Waals surface area contributed by atoms with Crippen molar-refractivity contribution >= 4 is 29.1 Å². The van der Waals surface area contributed by atoms with E-state index in [1.54, 1.807) is 30.5 Å². The summed E-state index contributed by atoms with van der Waals surface area (Å²) in [4.78, 5) is 24.1. The minimum atomic E-state index is -0.181. The smallest absolute Gasteiger partial charge is 0.251 e. The Morgan fingerprint density at radius 3 is 2.63 bits per heavy atom. The van der Waals surface area contributed by atoms with Crippen molar-refractivity contribution < 1.29 is 9.59 Å². The van der Waals surface area contributed by atoms with Crippen LogP contribution in [0, 0.1) is 0 Å². The number of aromatic nitrogens is 2. The fourth-order valence-corrected chi connectivity index (χ4v) is 2.68. The molecule has 0 atom stereocenters. The molecule has 0 radical (unpaired) electrons. The van der Waals surface area contributed by atoms with Gasteiger partial charge in [0.15, 0.2) is 0 Å². The molecular formula is C20H19ClN4O2. The van der Waals surface area contributed by atoms with Gasteiger partial charge < -0.3 is 10.6 Å². The van der Waals surface area contributed by atoms with Crippen LogP contribution in [0.4, 0.5) is 5.69 Å². The summed E-state index contributed by atoms with van der Waals surface area (Å²) in [6, 6.07) is 16.1. The van der Waals surface area contributed by atoms with Gasteiger partial charge in [-0.15, -0.1) is 0 Å². The summed E-state index contributed by atoms with van der Waals surface area (Å²) in [5, 5.41) is 13.1. The third kappa shape index (κ3) is 5.43. The van der Waals surface area contributed by atoms with Gasteiger partial charge in [0.25, 0.3) is 5.91 Å². The van der Waals surface area contributed by atoms with Crippen LogP contribution >= 0.6 is 11.6 Å². The molecule has 2 amide bonds. The third-order valence-corrected chi connectivity index (χ3v) is 4.18. The molecule has 27 heavy (non-hydrogen) atoms. The van der Waals surface area contributed by atoms with E-state index < -0.39 is 0 Å². The number of nitrogens with one attached hydrogen (secondary N) is 3. The topological polar surface area (TPSA) is 86.9 Å². The lowest BCUT2D eigenvalue weighted by Crippen LogP contribution is -2.25. The number of nitrogens with zero attached hydrogens (tertiary/aromatic N) is 1. The number of carbonyl (C=O) groups is 2. The van der Waals surface area contributed by atoms with Crippen LogP contribution in [0.2, 0.25) is 5.02 Å². The summed E-state index contributed by atoms with van der Waals surface area (Å²) >= 11 is 5.80. The van der Waals surface area contributed by atoms with Crippen LogP contribution in [0.25, 0.3) is 11.3 Å². The fourth-order valence-electron chi connectivity index (χ4n) is 2.56. The Balaban J connectivity index is 1.43. The summed E-state index contributed by atoms with van der Waals surface area (Å²) in [5.41, 5.74) is 3.09. The number of H-pyrrole nitrogens is 1. The quantitative estimate of drug-likeness (QED) is 0.542. The molecule has 0 spiro atoms. The first-order chi connectivity index (χ1) is 13.1. The Morgan fingerprint density at radius 1 is 1.07 bits per heavy atom. The van der Waals surface area contributed by atoms with E-state index in [0.717, 1.165) is 16.9 Å². The average Bonchev–Trinajstić information content (AvgIpc) is 3.21. The summed E-state index contributed by atoms with van der Waals surface area (Å²) in [6.07, 6.45) is 2.54. The summed E-state index contributed by atoms with van der Waals surface area (Å²) < 4.78 is 0. The number of anilines is 1. The molecule has 6 nitrogen and oxygen atoms in total. The first-order valence-electron chi connectivity index (χ1n) is 8.55. The van der Waals surface area contributed by atoms with Crippen LogP contribution in [0.15, 0.2) is 60.8 Å². The second kappa shape index (κ2) is 9.00. The highest BCUT2D eigenvalue weighted by atomic mass is 35.5. The van der Waals surface area contributed by atoms with E-state index in [4.69, 9.17) is 11.6 Å². The molecule has 2 aromatic carbocycles. The molecule has 1 heterocycles. The molecule has 0 aliphatic carbocycles. The number of hydrogen-bond donors (Lipinski definition) is 3. The van der Waals surface area contributed by atoms with Gasteiger partial charge in [0.2, 0.25) is 5.91 Å². The molecular weight excluding hydrogens is 364 g/mol. The standard InChI is InChI=1S/C20H19ClN4O2/c21-16-8-6-14(7-9-16)20(27)22-11-2-5-19(26)24-17-4-1-3-15(13-17)18-10-12-23-25-18/h1,3-4,6-10,12-13H,2,5,11H2,(H,22,27)(H,23,25)(H,24,26). The van der Waals surface area contributed by atoms with Gasteiger partial charge in [-0.3, -0.25) is 14.7 Å². The van der Waals surface area contributed by atoms with Crippen molar-refractivity contribution in [3.8, 4) is 11.3 Å². The maximum atomic E-state index is 12.1. The summed E-state index contributed by atoms with van der Waals surface area (Å²) in [5.74, 6) is -0.281. The minimum Gasteiger partial charge on any atom is -0.352 e. The van der Waals surface area contributed by atoms with Crippen LogP contribution in [-0.2, 0) is 4.79 Å². The minimum absolute atomic E-state index is 0.0995. The van der Waals surface area contributed by atoms with Gasteiger partial charge in [0.1, 0.15) is 0 Å². The van der Waals surface area contributed by atoms with Crippen molar-refractivity contribution in [3.63, 3.8) is 0 Å². The van der Waals surface area contributed by atoms with Crippen molar-refractivity contribution in [2.24, 2.45) is 0 Å². The van der Waals surface area contributed by atoms with E-state index in [1.165, 1.54) is 0 Å². The number of rotatable bonds is 7. The molecule has 0 unspecified atom stereocenters. The normalized spacial score (nSPS) is 10.4. The molecule has 1 aromatic heterocycles. The van der Waals surface area contributed by atoms with Gasteiger partial charge in [-0.2, -0.15) is 5.10 Å². The molecule has 0 saturated carbocycles. The van der Waals surface area contributed by atoms with Crippen molar-refractivity contribution in [2.75, 3.05) is 11.9 Å². The first kappa shape index (κ1) is 18.7. The highest BCUT2D eigenvalue weighted by Gasteiger charge is 2.07. The van der Waals surface area contributed by atoms with Crippen LogP contribution in [0.5, 0.6) is 0 Å². The first-order valence-corrected chi connectivity index (χ1v) is 8.93. The zero-order chi connectivity index (χ0) is 19.1. The van der Waals surface area contributed by atoms with Gasteiger partial charge in [-0.25, -0.2) is 0 Å². The third-order valence-electron chi connectivity index (χ3n) is 3.93. The summed E-state index contributed by atoms with van der Waals surface area (Å²) in [7, 11) is 0.